The number of aromatic nitrogens is 1. The number of fused-ring (bicyclic) bond motifs is 1. The summed E-state index contributed by atoms with van der Waals surface area (Å²) in [6.45, 7) is 1.91. The maximum atomic E-state index is 6.15. The van der Waals surface area contributed by atoms with Crippen LogP contribution < -0.4 is 5.43 Å². The molecule has 3 aromatic rings. The molecule has 0 aliphatic heterocycles. The second-order valence-electron chi connectivity index (χ2n) is 4.68. The van der Waals surface area contributed by atoms with E-state index in [4.69, 9.17) is 11.6 Å². The van der Waals surface area contributed by atoms with Gasteiger partial charge in [0.05, 0.1) is 11.2 Å². The molecule has 1 N–H and O–H groups in total. The molecule has 0 bridgehead atoms. The van der Waals surface area contributed by atoms with E-state index in [1.807, 2.05) is 67.6 Å². The summed E-state index contributed by atoms with van der Waals surface area (Å²) in [4.78, 5) is 4.51. The van der Waals surface area contributed by atoms with E-state index in [0.717, 1.165) is 22.2 Å². The van der Waals surface area contributed by atoms with Crippen molar-refractivity contribution in [3.05, 3.63) is 71.2 Å². The van der Waals surface area contributed by atoms with Crippen LogP contribution in [0, 0.1) is 0 Å². The summed E-state index contributed by atoms with van der Waals surface area (Å²) in [5.74, 6) is 0.708. The molecular weight excluding hydrogens is 282 g/mol. The first kappa shape index (κ1) is 13.6. The number of hydrogen-bond acceptors (Lipinski definition) is 3. The Morgan fingerprint density at radius 1 is 1.00 bits per heavy atom. The van der Waals surface area contributed by atoms with Gasteiger partial charge in [-0.15, -0.1) is 0 Å². The molecule has 3 nitrogen and oxygen atoms in total. The van der Waals surface area contributed by atoms with Crippen molar-refractivity contribution >= 4 is 34.0 Å². The summed E-state index contributed by atoms with van der Waals surface area (Å²) in [7, 11) is 0. The van der Waals surface area contributed by atoms with Crippen LogP contribution in [0.5, 0.6) is 0 Å². The number of rotatable bonds is 3. The van der Waals surface area contributed by atoms with Gasteiger partial charge in [0.15, 0.2) is 0 Å². The minimum Gasteiger partial charge on any atom is -0.261 e. The monoisotopic (exact) mass is 295 g/mol. The minimum absolute atomic E-state index is 0.687. The van der Waals surface area contributed by atoms with Crippen molar-refractivity contribution in [3.63, 3.8) is 0 Å². The fourth-order valence-corrected chi connectivity index (χ4v) is 2.36. The average molecular weight is 296 g/mol. The van der Waals surface area contributed by atoms with E-state index in [1.54, 1.807) is 0 Å². The molecule has 1 aromatic heterocycles. The Kier molecular flexibility index (Phi) is 3.84. The van der Waals surface area contributed by atoms with Gasteiger partial charge in [-0.2, -0.15) is 5.10 Å². The fraction of sp³-hybridized carbons (Fsp3) is 0.0588. The van der Waals surface area contributed by atoms with Gasteiger partial charge in [0, 0.05) is 16.0 Å². The van der Waals surface area contributed by atoms with E-state index >= 15 is 0 Å². The predicted molar refractivity (Wildman–Crippen MR) is 89.0 cm³/mol. The topological polar surface area (TPSA) is 37.3 Å². The van der Waals surface area contributed by atoms with Gasteiger partial charge in [-0.1, -0.05) is 48.0 Å². The van der Waals surface area contributed by atoms with Crippen molar-refractivity contribution in [2.24, 2.45) is 5.10 Å². The lowest BCUT2D eigenvalue weighted by molar-refractivity contribution is 1.25. The maximum absolute atomic E-state index is 6.15. The van der Waals surface area contributed by atoms with Gasteiger partial charge in [0.2, 0.25) is 0 Å². The van der Waals surface area contributed by atoms with E-state index in [9.17, 15) is 0 Å². The zero-order valence-corrected chi connectivity index (χ0v) is 12.3. The Morgan fingerprint density at radius 3 is 2.62 bits per heavy atom. The molecule has 0 radical (unpaired) electrons. The lowest BCUT2D eigenvalue weighted by Gasteiger charge is -2.05. The van der Waals surface area contributed by atoms with Crippen molar-refractivity contribution in [2.75, 3.05) is 5.43 Å². The van der Waals surface area contributed by atoms with Gasteiger partial charge >= 0.3 is 0 Å². The Labute approximate surface area is 128 Å². The normalized spacial score (nSPS) is 11.6. The summed E-state index contributed by atoms with van der Waals surface area (Å²) in [6.07, 6.45) is 0. The number of benzene rings is 2. The molecule has 0 spiro atoms. The quantitative estimate of drug-likeness (QED) is 0.560. The second kappa shape index (κ2) is 5.94. The number of nitrogens with one attached hydrogen (secondary N) is 1. The van der Waals surface area contributed by atoms with Crippen LogP contribution in [0.3, 0.4) is 0 Å². The highest BCUT2D eigenvalue weighted by atomic mass is 35.5. The highest BCUT2D eigenvalue weighted by molar-refractivity contribution is 6.34. The summed E-state index contributed by atoms with van der Waals surface area (Å²) in [5, 5.41) is 6.15. The maximum Gasteiger partial charge on any atom is 0.146 e. The first-order valence-electron chi connectivity index (χ1n) is 6.65. The molecule has 104 valence electrons. The van der Waals surface area contributed by atoms with Crippen LogP contribution in [0.1, 0.15) is 12.5 Å². The van der Waals surface area contributed by atoms with Crippen molar-refractivity contribution in [3.8, 4) is 0 Å². The summed E-state index contributed by atoms with van der Waals surface area (Å²) in [5.41, 5.74) is 5.64. The van der Waals surface area contributed by atoms with Gasteiger partial charge in [0.25, 0.3) is 0 Å². The first-order chi connectivity index (χ1) is 10.2. The number of pyridine rings is 1. The van der Waals surface area contributed by atoms with Crippen LogP contribution in [-0.4, -0.2) is 10.7 Å². The molecule has 4 heteroatoms. The predicted octanol–water partition coefficient (Wildman–Crippen LogP) is 4.72. The largest absolute Gasteiger partial charge is 0.261 e. The minimum atomic E-state index is 0.687. The van der Waals surface area contributed by atoms with Crippen LogP contribution in [0.15, 0.2) is 65.8 Å². The average Bonchev–Trinajstić information content (AvgIpc) is 2.53. The zero-order valence-electron chi connectivity index (χ0n) is 11.5. The van der Waals surface area contributed by atoms with Crippen molar-refractivity contribution < 1.29 is 0 Å². The number of anilines is 1. The van der Waals surface area contributed by atoms with Crippen LogP contribution >= 0.6 is 11.6 Å². The van der Waals surface area contributed by atoms with E-state index in [1.165, 1.54) is 0 Å². The summed E-state index contributed by atoms with van der Waals surface area (Å²) < 4.78 is 0. The van der Waals surface area contributed by atoms with Crippen LogP contribution in [0.4, 0.5) is 5.82 Å². The molecule has 3 rings (SSSR count). The number of hydrogen-bond donors (Lipinski definition) is 1. The Bertz CT molecular complexity index is 812. The van der Waals surface area contributed by atoms with Gasteiger partial charge in [-0.05, 0) is 31.2 Å². The van der Waals surface area contributed by atoms with Crippen LogP contribution in [-0.2, 0) is 0 Å². The number of hydrazone groups is 1. The third-order valence-electron chi connectivity index (χ3n) is 3.20. The highest BCUT2D eigenvalue weighted by Crippen LogP contribution is 2.17. The molecule has 0 amide bonds. The number of para-hydroxylation sites is 1. The summed E-state index contributed by atoms with van der Waals surface area (Å²) in [6, 6.07) is 19.5. The van der Waals surface area contributed by atoms with Gasteiger partial charge < -0.3 is 0 Å². The standard InChI is InChI=1S/C17H14ClN3/c1-12(14-7-3-4-8-15(14)18)20-21-17-11-10-13-6-2-5-9-16(13)19-17/h2-11H,1H3,(H,19,21)/b20-12+. The molecule has 0 aliphatic carbocycles. The molecule has 0 fully saturated rings. The Morgan fingerprint density at radius 2 is 1.76 bits per heavy atom. The highest BCUT2D eigenvalue weighted by Gasteiger charge is 2.02. The molecule has 0 aliphatic rings. The molecule has 0 saturated carbocycles. The SMILES string of the molecule is C/C(=N\Nc1ccc2ccccc2n1)c1ccccc1Cl. The smallest absolute Gasteiger partial charge is 0.146 e. The van der Waals surface area contributed by atoms with Gasteiger partial charge in [-0.25, -0.2) is 4.98 Å². The molecule has 0 unspecified atom stereocenters. The molecule has 0 saturated heterocycles. The van der Waals surface area contributed by atoms with Crippen molar-refractivity contribution in [1.29, 1.82) is 0 Å². The Balaban J connectivity index is 1.85. The summed E-state index contributed by atoms with van der Waals surface area (Å²) >= 11 is 6.15. The molecular formula is C17H14ClN3. The molecule has 1 heterocycles. The first-order valence-corrected chi connectivity index (χ1v) is 7.03. The number of nitrogens with zero attached hydrogens (tertiary/aromatic N) is 2. The van der Waals surface area contributed by atoms with E-state index < -0.39 is 0 Å². The fourth-order valence-electron chi connectivity index (χ4n) is 2.08. The van der Waals surface area contributed by atoms with E-state index in [-0.39, 0.29) is 0 Å². The molecule has 2 aromatic carbocycles. The van der Waals surface area contributed by atoms with Crippen molar-refractivity contribution in [1.82, 2.24) is 4.98 Å². The van der Waals surface area contributed by atoms with Crippen LogP contribution in [0.2, 0.25) is 5.02 Å². The van der Waals surface area contributed by atoms with Gasteiger partial charge in [0.1, 0.15) is 5.82 Å². The van der Waals surface area contributed by atoms with E-state index in [2.05, 4.69) is 15.5 Å². The van der Waals surface area contributed by atoms with Crippen LogP contribution in [0.25, 0.3) is 10.9 Å². The number of halogens is 1. The second-order valence-corrected chi connectivity index (χ2v) is 5.09. The zero-order chi connectivity index (χ0) is 14.7. The van der Waals surface area contributed by atoms with Crippen molar-refractivity contribution in [2.45, 2.75) is 6.92 Å². The van der Waals surface area contributed by atoms with Gasteiger partial charge in [-0.3, -0.25) is 5.43 Å². The van der Waals surface area contributed by atoms with E-state index in [0.29, 0.717) is 10.8 Å². The lowest BCUT2D eigenvalue weighted by atomic mass is 10.1. The third-order valence-corrected chi connectivity index (χ3v) is 3.53. The lowest BCUT2D eigenvalue weighted by Crippen LogP contribution is -2.01. The Hall–Kier alpha value is -2.39. The molecule has 21 heavy (non-hydrogen) atoms. The molecule has 0 atom stereocenters. The third kappa shape index (κ3) is 3.03.